The van der Waals surface area contributed by atoms with Crippen LogP contribution >= 0.6 is 11.3 Å². The van der Waals surface area contributed by atoms with Gasteiger partial charge < -0.3 is 39.7 Å². The van der Waals surface area contributed by atoms with Crippen LogP contribution in [0.15, 0.2) is 73.1 Å². The lowest BCUT2D eigenvalue weighted by Gasteiger charge is -2.36. The summed E-state index contributed by atoms with van der Waals surface area (Å²) in [6.07, 6.45) is 7.80. The summed E-state index contributed by atoms with van der Waals surface area (Å²) in [5, 5.41) is 19.9. The van der Waals surface area contributed by atoms with E-state index in [0.29, 0.717) is 55.0 Å². The van der Waals surface area contributed by atoms with Gasteiger partial charge in [-0.05, 0) is 119 Å². The minimum atomic E-state index is -1.20. The molecule has 1 saturated heterocycles. The lowest BCUT2D eigenvalue weighted by Crippen LogP contribution is -2.62. The minimum absolute atomic E-state index is 0.0192. The van der Waals surface area contributed by atoms with Gasteiger partial charge >= 0.3 is 5.97 Å². The van der Waals surface area contributed by atoms with Gasteiger partial charge in [0.15, 0.2) is 5.01 Å². The van der Waals surface area contributed by atoms with Crippen molar-refractivity contribution < 1.29 is 33.8 Å². The number of fused-ring (bicyclic) bond motifs is 6. The van der Waals surface area contributed by atoms with Crippen LogP contribution in [0.4, 0.5) is 5.00 Å². The Morgan fingerprint density at radius 3 is 2.52 bits per heavy atom. The summed E-state index contributed by atoms with van der Waals surface area (Å²) in [4.78, 5) is 84.3. The molecule has 4 N–H and O–H groups in total. The third-order valence-corrected chi connectivity index (χ3v) is 13.7. The number of amides is 4. The van der Waals surface area contributed by atoms with Gasteiger partial charge in [-0.25, -0.2) is 10.4 Å². The van der Waals surface area contributed by atoms with E-state index in [1.165, 1.54) is 29.2 Å². The van der Waals surface area contributed by atoms with Crippen molar-refractivity contribution in [2.45, 2.75) is 91.5 Å². The normalized spacial score (nSPS) is 18.0. The quantitative estimate of drug-likeness (QED) is 0.0782. The maximum Gasteiger partial charge on any atom is 0.324 e. The summed E-state index contributed by atoms with van der Waals surface area (Å²) in [5.41, 5.74) is 9.82. The number of pyridine rings is 1. The number of phenolic OH excluding ortho intramolecular Hbond substituents is 1. The number of esters is 1. The molecule has 378 valence electrons. The number of cyclic esters (lactones) is 1. The summed E-state index contributed by atoms with van der Waals surface area (Å²) < 4.78 is 8.44. The number of carbonyl (C=O) groups excluding carboxylic acids is 5. The van der Waals surface area contributed by atoms with Crippen LogP contribution in [-0.4, -0.2) is 142 Å². The highest BCUT2D eigenvalue weighted by atomic mass is 32.1. The predicted octanol–water partition coefficient (Wildman–Crippen LogP) is 6.12. The molecule has 3 aromatic heterocycles. The van der Waals surface area contributed by atoms with E-state index >= 15 is 0 Å². The Balaban J connectivity index is 1.26. The number of aromatic nitrogens is 3. The molecule has 6 bridgehead atoms. The summed E-state index contributed by atoms with van der Waals surface area (Å²) in [6, 6.07) is 12.5. The average molecular weight is 989 g/mol. The Bertz CT molecular complexity index is 2810. The van der Waals surface area contributed by atoms with Crippen molar-refractivity contribution in [3.8, 4) is 28.1 Å². The van der Waals surface area contributed by atoms with Gasteiger partial charge in [-0.3, -0.25) is 34.0 Å². The topological polar surface area (TPSA) is 195 Å². The second-order valence-electron chi connectivity index (χ2n) is 20.2. The number of phenols is 1. The van der Waals surface area contributed by atoms with Crippen LogP contribution in [0.1, 0.15) is 74.1 Å². The number of likely N-dealkylation sites (N-methyl/N-ethyl adjacent to an activating group) is 2. The van der Waals surface area contributed by atoms with Crippen molar-refractivity contribution >= 4 is 56.8 Å². The largest absolute Gasteiger partial charge is 0.508 e. The molecule has 0 unspecified atom stereocenters. The second kappa shape index (κ2) is 22.3. The van der Waals surface area contributed by atoms with Crippen LogP contribution in [0.3, 0.4) is 0 Å². The Hall–Kier alpha value is -6.47. The van der Waals surface area contributed by atoms with Crippen LogP contribution in [0.5, 0.6) is 5.75 Å². The third-order valence-electron chi connectivity index (χ3n) is 12.8. The lowest BCUT2D eigenvalue weighted by atomic mass is 9.84. The van der Waals surface area contributed by atoms with Gasteiger partial charge in [0.2, 0.25) is 11.8 Å². The van der Waals surface area contributed by atoms with Gasteiger partial charge in [-0.1, -0.05) is 57.2 Å². The lowest BCUT2D eigenvalue weighted by molar-refractivity contribution is -0.155. The van der Waals surface area contributed by atoms with Crippen molar-refractivity contribution in [3.05, 3.63) is 94.9 Å². The molecule has 2 aliphatic heterocycles. The van der Waals surface area contributed by atoms with E-state index in [2.05, 4.69) is 69.5 Å². The fraction of sp³-hybridized carbons (Fsp3) is 0.453. The standard InChI is InChI=1S/C53H68N10O7S/c1-11-62-43-19-18-34-27-38(43)39(47(62)37-15-12-20-54-42(37)30-60(8)9)28-53(4,5)31-70-52(69)40-16-13-22-63(58-40)50(67)41(25-33-23-35(34)26-36(64)24-33)56-48(66)46(32(2)3)61(10)51(68)49-55-29-45(71-49)57-44(65)17-14-21-59(6)7/h12,14-15,17-20,23-24,26-27,29,32,40-41,46,58,64H,11,13,16,21-22,25,28,30-31H2,1-10H3,(H,56,66)(H,57,65)/b17-14+/t40-,41-,46-/m0/s1. The number of anilines is 1. The van der Waals surface area contributed by atoms with Crippen molar-refractivity contribution in [3.63, 3.8) is 0 Å². The molecule has 18 heteroatoms. The monoisotopic (exact) mass is 988 g/mol. The van der Waals surface area contributed by atoms with Gasteiger partial charge in [0, 0.05) is 73.8 Å². The maximum atomic E-state index is 14.8. The van der Waals surface area contributed by atoms with E-state index in [1.54, 1.807) is 32.1 Å². The molecule has 0 spiro atoms. The summed E-state index contributed by atoms with van der Waals surface area (Å²) >= 11 is 0.987. The first-order valence-electron chi connectivity index (χ1n) is 24.2. The Morgan fingerprint density at radius 1 is 1.03 bits per heavy atom. The first kappa shape index (κ1) is 52.4. The van der Waals surface area contributed by atoms with Gasteiger partial charge in [-0.2, -0.15) is 0 Å². The summed E-state index contributed by atoms with van der Waals surface area (Å²) in [6.45, 7) is 12.2. The van der Waals surface area contributed by atoms with Crippen LogP contribution in [0, 0.1) is 11.3 Å². The Labute approximate surface area is 420 Å². The number of rotatable bonds is 13. The molecule has 0 aliphatic carbocycles. The zero-order valence-corrected chi connectivity index (χ0v) is 43.4. The molecule has 2 aromatic carbocycles. The molecule has 0 saturated carbocycles. The van der Waals surface area contributed by atoms with Gasteiger partial charge in [-0.15, -0.1) is 0 Å². The molecule has 7 rings (SSSR count). The van der Waals surface area contributed by atoms with E-state index in [9.17, 15) is 29.1 Å². The number of hydrazine groups is 1. The highest BCUT2D eigenvalue weighted by Crippen LogP contribution is 2.41. The van der Waals surface area contributed by atoms with Crippen molar-refractivity contribution in [1.29, 1.82) is 0 Å². The van der Waals surface area contributed by atoms with Crippen molar-refractivity contribution in [2.24, 2.45) is 11.3 Å². The minimum Gasteiger partial charge on any atom is -0.508 e. The number of aryl methyl sites for hydroxylation is 1. The molecule has 2 aliphatic rings. The van der Waals surface area contributed by atoms with E-state index < -0.39 is 53.1 Å². The van der Waals surface area contributed by atoms with Crippen LogP contribution in [0.2, 0.25) is 0 Å². The number of carbonyl (C=O) groups is 5. The molecule has 1 fully saturated rings. The molecular formula is C53H68N10O7S. The van der Waals surface area contributed by atoms with E-state index in [4.69, 9.17) is 9.72 Å². The van der Waals surface area contributed by atoms with E-state index in [-0.39, 0.29) is 36.2 Å². The average Bonchev–Trinajstić information content (AvgIpc) is 3.90. The molecule has 5 heterocycles. The molecule has 17 nitrogen and oxygen atoms in total. The summed E-state index contributed by atoms with van der Waals surface area (Å²) in [5.74, 6) is -2.91. The smallest absolute Gasteiger partial charge is 0.324 e. The molecular weight excluding hydrogens is 921 g/mol. The van der Waals surface area contributed by atoms with Crippen molar-refractivity contribution in [1.82, 2.24) is 45.0 Å². The van der Waals surface area contributed by atoms with Gasteiger partial charge in [0.1, 0.15) is 28.9 Å². The van der Waals surface area contributed by atoms with Crippen LogP contribution in [0.25, 0.3) is 33.3 Å². The van der Waals surface area contributed by atoms with Crippen LogP contribution < -0.4 is 16.1 Å². The second-order valence-corrected chi connectivity index (χ2v) is 21.3. The molecule has 3 atom stereocenters. The Morgan fingerprint density at radius 2 is 1.80 bits per heavy atom. The van der Waals surface area contributed by atoms with Gasteiger partial charge in [0.05, 0.1) is 24.2 Å². The number of nitrogens with one attached hydrogen (secondary N) is 3. The predicted molar refractivity (Wildman–Crippen MR) is 276 cm³/mol. The highest BCUT2D eigenvalue weighted by molar-refractivity contribution is 7.17. The molecule has 5 aromatic rings. The number of hydrogen-bond donors (Lipinski definition) is 4. The SMILES string of the molecule is CCn1c(-c2cccnc2CN(C)C)c2c3cc(ccc31)-c1cc(O)cc(c1)C[C@H](NC(=O)[C@H](C(C)C)N(C)C(=O)c1ncc(NC(=O)/C=C/CN(C)C)s1)C(=O)N1CCC[C@H](N1)C(=O)OCC(C)(C)C2. The van der Waals surface area contributed by atoms with Crippen molar-refractivity contribution in [2.75, 3.05) is 60.3 Å². The first-order chi connectivity index (χ1) is 33.7. The molecule has 0 radical (unpaired) electrons. The zero-order chi connectivity index (χ0) is 51.3. The number of hydrogen-bond acceptors (Lipinski definition) is 13. The number of ether oxygens (including phenoxy) is 1. The van der Waals surface area contributed by atoms with E-state index in [0.717, 1.165) is 50.3 Å². The fourth-order valence-electron chi connectivity index (χ4n) is 9.52. The molecule has 71 heavy (non-hydrogen) atoms. The van der Waals surface area contributed by atoms with Gasteiger partial charge in [0.25, 0.3) is 11.8 Å². The number of aromatic hydroxyl groups is 1. The third kappa shape index (κ3) is 12.4. The maximum absolute atomic E-state index is 14.8. The van der Waals surface area contributed by atoms with Crippen LogP contribution in [-0.2, 0) is 49.8 Å². The zero-order valence-electron chi connectivity index (χ0n) is 42.5. The Kier molecular flexibility index (Phi) is 16.4. The highest BCUT2D eigenvalue weighted by Gasteiger charge is 2.38. The first-order valence-corrected chi connectivity index (χ1v) is 25.0. The molecule has 4 amide bonds. The number of thiazole rings is 1. The number of nitrogens with zero attached hydrogens (tertiary/aromatic N) is 7. The summed E-state index contributed by atoms with van der Waals surface area (Å²) in [7, 11) is 9.33. The number of benzene rings is 2. The fourth-order valence-corrected chi connectivity index (χ4v) is 10.3. The van der Waals surface area contributed by atoms with E-state index in [1.807, 2.05) is 57.5 Å².